The van der Waals surface area contributed by atoms with E-state index >= 15 is 0 Å². The van der Waals surface area contributed by atoms with Gasteiger partial charge in [-0.15, -0.1) is 0 Å². The van der Waals surface area contributed by atoms with E-state index in [1.54, 1.807) is 24.3 Å². The van der Waals surface area contributed by atoms with Crippen molar-refractivity contribution in [3.63, 3.8) is 0 Å². The van der Waals surface area contributed by atoms with E-state index in [4.69, 9.17) is 11.5 Å². The Morgan fingerprint density at radius 2 is 1.65 bits per heavy atom. The minimum Gasteiger partial charge on any atom is -0.399 e. The van der Waals surface area contributed by atoms with E-state index in [1.165, 1.54) is 12.1 Å². The minimum absolute atomic E-state index is 0.176. The first kappa shape index (κ1) is 14.4. The van der Waals surface area contributed by atoms with Crippen molar-refractivity contribution in [2.75, 3.05) is 18.0 Å². The summed E-state index contributed by atoms with van der Waals surface area (Å²) < 4.78 is 26.6. The maximum Gasteiger partial charge on any atom is 0.240 e. The van der Waals surface area contributed by atoms with Gasteiger partial charge in [-0.05, 0) is 42.3 Å². The number of nitrogen functional groups attached to an aromatic ring is 2. The lowest BCUT2D eigenvalue weighted by atomic mass is 10.1. The molecule has 0 bridgehead atoms. The summed E-state index contributed by atoms with van der Waals surface area (Å²) in [7, 11) is -3.52. The molecule has 0 aliphatic carbocycles. The summed E-state index contributed by atoms with van der Waals surface area (Å²) >= 11 is 0. The summed E-state index contributed by atoms with van der Waals surface area (Å²) in [6.07, 6.45) is 0.599. The summed E-state index contributed by atoms with van der Waals surface area (Å²) in [6.45, 7) is 0.320. The zero-order valence-electron chi connectivity index (χ0n) is 10.9. The molecule has 5 nitrogen and oxygen atoms in total. The van der Waals surface area contributed by atoms with Crippen LogP contribution >= 0.6 is 0 Å². The molecule has 0 amide bonds. The van der Waals surface area contributed by atoms with E-state index in [0.29, 0.717) is 24.3 Å². The van der Waals surface area contributed by atoms with Gasteiger partial charge in [-0.25, -0.2) is 13.1 Å². The molecule has 0 aromatic heterocycles. The zero-order valence-corrected chi connectivity index (χ0v) is 11.7. The fourth-order valence-electron chi connectivity index (χ4n) is 1.78. The van der Waals surface area contributed by atoms with Crippen molar-refractivity contribution in [1.29, 1.82) is 0 Å². The quantitative estimate of drug-likeness (QED) is 0.725. The standard InChI is InChI=1S/C14H17N3O2S/c15-12-6-4-11(5-7-12)8-9-17-20(18,19)14-3-1-2-13(16)10-14/h1-7,10,17H,8-9,15-16H2. The molecule has 6 heteroatoms. The van der Waals surface area contributed by atoms with Crippen LogP contribution in [0.2, 0.25) is 0 Å². The lowest BCUT2D eigenvalue weighted by Crippen LogP contribution is -2.26. The third-order valence-electron chi connectivity index (χ3n) is 2.85. The Hall–Kier alpha value is -2.05. The van der Waals surface area contributed by atoms with Crippen LogP contribution in [-0.2, 0) is 16.4 Å². The Morgan fingerprint density at radius 1 is 0.950 bits per heavy atom. The van der Waals surface area contributed by atoms with Crippen LogP contribution in [0.25, 0.3) is 0 Å². The van der Waals surface area contributed by atoms with E-state index in [0.717, 1.165) is 5.56 Å². The molecular weight excluding hydrogens is 274 g/mol. The number of sulfonamides is 1. The van der Waals surface area contributed by atoms with Crippen LogP contribution in [0, 0.1) is 0 Å². The molecule has 0 saturated heterocycles. The maximum atomic E-state index is 12.0. The van der Waals surface area contributed by atoms with Gasteiger partial charge < -0.3 is 11.5 Å². The molecule has 0 radical (unpaired) electrons. The molecule has 0 atom stereocenters. The van der Waals surface area contributed by atoms with Crippen LogP contribution in [0.15, 0.2) is 53.4 Å². The van der Waals surface area contributed by atoms with E-state index < -0.39 is 10.0 Å². The number of anilines is 2. The Kier molecular flexibility index (Phi) is 4.26. The van der Waals surface area contributed by atoms with Gasteiger partial charge in [0.05, 0.1) is 4.90 Å². The molecular formula is C14H17N3O2S. The fourth-order valence-corrected chi connectivity index (χ4v) is 2.87. The van der Waals surface area contributed by atoms with Crippen molar-refractivity contribution in [2.24, 2.45) is 0 Å². The van der Waals surface area contributed by atoms with Gasteiger partial charge in [0.25, 0.3) is 0 Å². The van der Waals surface area contributed by atoms with Gasteiger partial charge in [0.15, 0.2) is 0 Å². The van der Waals surface area contributed by atoms with Gasteiger partial charge in [-0.3, -0.25) is 0 Å². The Morgan fingerprint density at radius 3 is 2.30 bits per heavy atom. The fraction of sp³-hybridized carbons (Fsp3) is 0.143. The molecule has 0 saturated carbocycles. The molecule has 0 aliphatic heterocycles. The van der Waals surface area contributed by atoms with E-state index in [-0.39, 0.29) is 4.90 Å². The van der Waals surface area contributed by atoms with Gasteiger partial charge in [0.1, 0.15) is 0 Å². The second kappa shape index (κ2) is 5.94. The van der Waals surface area contributed by atoms with Gasteiger partial charge in [0.2, 0.25) is 10.0 Å². The number of nitrogens with two attached hydrogens (primary N) is 2. The first-order chi connectivity index (χ1) is 9.47. The monoisotopic (exact) mass is 291 g/mol. The van der Waals surface area contributed by atoms with Crippen molar-refractivity contribution in [3.05, 3.63) is 54.1 Å². The molecule has 0 heterocycles. The summed E-state index contributed by atoms with van der Waals surface area (Å²) in [5, 5.41) is 0. The highest BCUT2D eigenvalue weighted by Crippen LogP contribution is 2.12. The molecule has 106 valence electrons. The molecule has 0 fully saturated rings. The third kappa shape index (κ3) is 3.72. The number of benzene rings is 2. The van der Waals surface area contributed by atoms with Crippen LogP contribution < -0.4 is 16.2 Å². The second-order valence-electron chi connectivity index (χ2n) is 4.46. The van der Waals surface area contributed by atoms with Gasteiger partial charge in [-0.2, -0.15) is 0 Å². The van der Waals surface area contributed by atoms with Crippen molar-refractivity contribution in [2.45, 2.75) is 11.3 Å². The average molecular weight is 291 g/mol. The normalized spacial score (nSPS) is 11.4. The van der Waals surface area contributed by atoms with Crippen LogP contribution in [0.1, 0.15) is 5.56 Å². The van der Waals surface area contributed by atoms with Crippen LogP contribution in [0.5, 0.6) is 0 Å². The van der Waals surface area contributed by atoms with Crippen LogP contribution in [0.4, 0.5) is 11.4 Å². The first-order valence-electron chi connectivity index (χ1n) is 6.17. The lowest BCUT2D eigenvalue weighted by molar-refractivity contribution is 0.581. The summed E-state index contributed by atoms with van der Waals surface area (Å²) in [5.41, 5.74) is 13.3. The third-order valence-corrected chi connectivity index (χ3v) is 4.31. The highest BCUT2D eigenvalue weighted by atomic mass is 32.2. The number of rotatable bonds is 5. The van der Waals surface area contributed by atoms with E-state index in [2.05, 4.69) is 4.72 Å². The lowest BCUT2D eigenvalue weighted by Gasteiger charge is -2.07. The van der Waals surface area contributed by atoms with Crippen molar-refractivity contribution in [3.8, 4) is 0 Å². The smallest absolute Gasteiger partial charge is 0.240 e. The van der Waals surface area contributed by atoms with E-state index in [9.17, 15) is 8.42 Å². The molecule has 0 unspecified atom stereocenters. The Labute approximate surface area is 118 Å². The summed E-state index contributed by atoms with van der Waals surface area (Å²) in [5.74, 6) is 0. The first-order valence-corrected chi connectivity index (χ1v) is 7.65. The maximum absolute atomic E-state index is 12.0. The molecule has 0 spiro atoms. The molecule has 2 aromatic carbocycles. The van der Waals surface area contributed by atoms with Gasteiger partial charge >= 0.3 is 0 Å². The zero-order chi connectivity index (χ0) is 14.6. The molecule has 2 aromatic rings. The topological polar surface area (TPSA) is 98.2 Å². The van der Waals surface area contributed by atoms with Crippen molar-refractivity contribution in [1.82, 2.24) is 4.72 Å². The van der Waals surface area contributed by atoms with Crippen molar-refractivity contribution >= 4 is 21.4 Å². The van der Waals surface area contributed by atoms with Crippen LogP contribution in [-0.4, -0.2) is 15.0 Å². The highest BCUT2D eigenvalue weighted by molar-refractivity contribution is 7.89. The van der Waals surface area contributed by atoms with Crippen LogP contribution in [0.3, 0.4) is 0 Å². The number of hydrogen-bond donors (Lipinski definition) is 3. The van der Waals surface area contributed by atoms with Gasteiger partial charge in [0, 0.05) is 17.9 Å². The number of nitrogens with one attached hydrogen (secondary N) is 1. The highest BCUT2D eigenvalue weighted by Gasteiger charge is 2.13. The summed E-state index contributed by atoms with van der Waals surface area (Å²) in [4.78, 5) is 0.176. The molecule has 0 aliphatic rings. The molecule has 2 rings (SSSR count). The average Bonchev–Trinajstić information content (AvgIpc) is 2.41. The van der Waals surface area contributed by atoms with Gasteiger partial charge in [-0.1, -0.05) is 18.2 Å². The van der Waals surface area contributed by atoms with E-state index in [1.807, 2.05) is 12.1 Å². The molecule has 5 N–H and O–H groups in total. The predicted molar refractivity (Wildman–Crippen MR) is 80.6 cm³/mol. The molecule has 20 heavy (non-hydrogen) atoms. The van der Waals surface area contributed by atoms with Crippen molar-refractivity contribution < 1.29 is 8.42 Å². The minimum atomic E-state index is -3.52. The predicted octanol–water partition coefficient (Wildman–Crippen LogP) is 1.37. The number of hydrogen-bond acceptors (Lipinski definition) is 4. The second-order valence-corrected chi connectivity index (χ2v) is 6.23. The summed E-state index contributed by atoms with van der Waals surface area (Å²) in [6, 6.07) is 13.6. The Balaban J connectivity index is 1.98. The SMILES string of the molecule is Nc1ccc(CCNS(=O)(=O)c2cccc(N)c2)cc1. The Bertz CT molecular complexity index is 682. The largest absolute Gasteiger partial charge is 0.399 e.